The summed E-state index contributed by atoms with van der Waals surface area (Å²) in [5.74, 6) is 0.401. The molecule has 24 heavy (non-hydrogen) atoms. The van der Waals surface area contributed by atoms with Crippen molar-refractivity contribution in [2.45, 2.75) is 12.6 Å². The number of hydrogen-bond donors (Lipinski definition) is 1. The quantitative estimate of drug-likeness (QED) is 0.780. The molecular weight excluding hydrogens is 307 g/mol. The van der Waals surface area contributed by atoms with Gasteiger partial charge in [0.25, 0.3) is 0 Å². The fourth-order valence-corrected chi connectivity index (χ4v) is 2.97. The second-order valence-corrected chi connectivity index (χ2v) is 5.61. The van der Waals surface area contributed by atoms with Gasteiger partial charge in [-0.05, 0) is 29.8 Å². The fourth-order valence-electron chi connectivity index (χ4n) is 2.97. The van der Waals surface area contributed by atoms with Gasteiger partial charge < -0.3 is 5.32 Å². The van der Waals surface area contributed by atoms with Crippen molar-refractivity contribution in [2.75, 3.05) is 10.2 Å². The molecular formula is C18H15FN4O. The molecule has 1 aliphatic rings. The molecule has 4 rings (SSSR count). The van der Waals surface area contributed by atoms with Crippen LogP contribution in [0, 0.1) is 5.82 Å². The van der Waals surface area contributed by atoms with E-state index in [2.05, 4.69) is 10.4 Å². The van der Waals surface area contributed by atoms with Crippen molar-refractivity contribution >= 4 is 17.5 Å². The maximum absolute atomic E-state index is 13.0. The van der Waals surface area contributed by atoms with Crippen LogP contribution in [0.1, 0.15) is 11.6 Å². The molecule has 2 aromatic carbocycles. The number of fused-ring (bicyclic) bond motifs is 1. The van der Waals surface area contributed by atoms with Gasteiger partial charge in [0, 0.05) is 11.8 Å². The highest BCUT2D eigenvalue weighted by molar-refractivity contribution is 6.02. The first-order valence-electron chi connectivity index (χ1n) is 7.65. The van der Waals surface area contributed by atoms with Crippen molar-refractivity contribution in [1.29, 1.82) is 0 Å². The van der Waals surface area contributed by atoms with Crippen LogP contribution in [0.5, 0.6) is 0 Å². The molecule has 0 aliphatic carbocycles. The largest absolute Gasteiger partial charge is 0.328 e. The Morgan fingerprint density at radius 2 is 1.83 bits per heavy atom. The molecule has 0 radical (unpaired) electrons. The summed E-state index contributed by atoms with van der Waals surface area (Å²) in [6, 6.07) is 17.0. The van der Waals surface area contributed by atoms with E-state index in [1.165, 1.54) is 24.3 Å². The lowest BCUT2D eigenvalue weighted by atomic mass is 10.1. The van der Waals surface area contributed by atoms with E-state index in [1.807, 2.05) is 41.1 Å². The number of hydrogen-bond acceptors (Lipinski definition) is 2. The summed E-state index contributed by atoms with van der Waals surface area (Å²) in [7, 11) is 0. The van der Waals surface area contributed by atoms with Crippen LogP contribution in [0.25, 0.3) is 0 Å². The van der Waals surface area contributed by atoms with Gasteiger partial charge in [-0.1, -0.05) is 30.3 Å². The van der Waals surface area contributed by atoms with Gasteiger partial charge in [0.1, 0.15) is 11.6 Å². The van der Waals surface area contributed by atoms with Crippen molar-refractivity contribution in [3.8, 4) is 0 Å². The molecule has 6 heteroatoms. The summed E-state index contributed by atoms with van der Waals surface area (Å²) in [6.07, 6.45) is 1.68. The zero-order chi connectivity index (χ0) is 16.5. The predicted molar refractivity (Wildman–Crippen MR) is 89.3 cm³/mol. The van der Waals surface area contributed by atoms with Gasteiger partial charge in [-0.25, -0.2) is 13.9 Å². The molecule has 1 atom stereocenters. The number of rotatable bonds is 2. The number of amides is 2. The molecule has 3 aromatic rings. The normalized spacial score (nSPS) is 16.0. The van der Waals surface area contributed by atoms with Crippen LogP contribution in [0.3, 0.4) is 0 Å². The first-order valence-corrected chi connectivity index (χ1v) is 7.65. The van der Waals surface area contributed by atoms with Crippen molar-refractivity contribution in [3.63, 3.8) is 0 Å². The second kappa shape index (κ2) is 5.81. The zero-order valence-corrected chi connectivity index (χ0v) is 12.8. The van der Waals surface area contributed by atoms with Crippen LogP contribution in [0.15, 0.2) is 66.9 Å². The Balaban J connectivity index is 1.64. The molecule has 2 heterocycles. The number of benzene rings is 2. The lowest BCUT2D eigenvalue weighted by Gasteiger charge is -2.24. The molecule has 120 valence electrons. The third kappa shape index (κ3) is 2.52. The molecule has 1 aromatic heterocycles. The van der Waals surface area contributed by atoms with Crippen molar-refractivity contribution < 1.29 is 9.18 Å². The van der Waals surface area contributed by atoms with Gasteiger partial charge >= 0.3 is 6.03 Å². The van der Waals surface area contributed by atoms with E-state index in [9.17, 15) is 9.18 Å². The molecule has 0 bridgehead atoms. The minimum Gasteiger partial charge on any atom is -0.307 e. The minimum absolute atomic E-state index is 0.129. The van der Waals surface area contributed by atoms with Gasteiger partial charge in [0.2, 0.25) is 0 Å². The molecule has 0 saturated carbocycles. The number of nitrogens with zero attached hydrogens (tertiary/aromatic N) is 3. The van der Waals surface area contributed by atoms with E-state index in [0.29, 0.717) is 12.2 Å². The molecule has 0 spiro atoms. The smallest absolute Gasteiger partial charge is 0.307 e. The highest BCUT2D eigenvalue weighted by atomic mass is 19.1. The van der Waals surface area contributed by atoms with E-state index >= 15 is 0 Å². The molecule has 1 aliphatic heterocycles. The van der Waals surface area contributed by atoms with Crippen molar-refractivity contribution in [2.24, 2.45) is 0 Å². The molecule has 0 fully saturated rings. The minimum atomic E-state index is -0.339. The van der Waals surface area contributed by atoms with Crippen LogP contribution in [-0.4, -0.2) is 15.8 Å². The predicted octanol–water partition coefficient (Wildman–Crippen LogP) is 3.82. The Hall–Kier alpha value is -3.15. The second-order valence-electron chi connectivity index (χ2n) is 5.61. The number of anilines is 2. The Bertz CT molecular complexity index is 860. The fraction of sp³-hybridized carbons (Fsp3) is 0.111. The lowest BCUT2D eigenvalue weighted by Crippen LogP contribution is -2.35. The van der Waals surface area contributed by atoms with Gasteiger partial charge in [-0.2, -0.15) is 5.10 Å². The van der Waals surface area contributed by atoms with Crippen LogP contribution < -0.4 is 10.2 Å². The van der Waals surface area contributed by atoms with E-state index in [0.717, 1.165) is 11.4 Å². The number of nitrogens with one attached hydrogen (secondary N) is 1. The van der Waals surface area contributed by atoms with E-state index < -0.39 is 0 Å². The summed E-state index contributed by atoms with van der Waals surface area (Å²) in [5, 5.41) is 7.09. The topological polar surface area (TPSA) is 50.2 Å². The Morgan fingerprint density at radius 3 is 2.58 bits per heavy atom. The third-order valence-corrected chi connectivity index (χ3v) is 4.10. The molecule has 1 unspecified atom stereocenters. The molecule has 2 amide bonds. The monoisotopic (exact) mass is 322 g/mol. The summed E-state index contributed by atoms with van der Waals surface area (Å²) in [4.78, 5) is 14.5. The van der Waals surface area contributed by atoms with Crippen LogP contribution in [-0.2, 0) is 6.54 Å². The highest BCUT2D eigenvalue weighted by Crippen LogP contribution is 2.35. The summed E-state index contributed by atoms with van der Waals surface area (Å²) < 4.78 is 14.8. The van der Waals surface area contributed by atoms with E-state index in [1.54, 1.807) is 11.1 Å². The molecule has 1 N–H and O–H groups in total. The third-order valence-electron chi connectivity index (χ3n) is 4.10. The first kappa shape index (κ1) is 14.4. The summed E-state index contributed by atoms with van der Waals surface area (Å²) >= 11 is 0. The van der Waals surface area contributed by atoms with Crippen LogP contribution in [0.2, 0.25) is 0 Å². The molecule has 0 saturated heterocycles. The van der Waals surface area contributed by atoms with Crippen LogP contribution in [0.4, 0.5) is 20.7 Å². The lowest BCUT2D eigenvalue weighted by molar-refractivity contribution is 0.255. The maximum Gasteiger partial charge on any atom is 0.328 e. The first-order chi connectivity index (χ1) is 11.7. The van der Waals surface area contributed by atoms with Gasteiger partial charge in [-0.15, -0.1) is 0 Å². The van der Waals surface area contributed by atoms with E-state index in [-0.39, 0.29) is 17.9 Å². The molecule has 5 nitrogen and oxygen atoms in total. The van der Waals surface area contributed by atoms with Gasteiger partial charge in [0.05, 0.1) is 18.8 Å². The van der Waals surface area contributed by atoms with E-state index in [4.69, 9.17) is 0 Å². The zero-order valence-electron chi connectivity index (χ0n) is 12.8. The van der Waals surface area contributed by atoms with Crippen LogP contribution >= 0.6 is 0 Å². The summed E-state index contributed by atoms with van der Waals surface area (Å²) in [5.41, 5.74) is 1.59. The Labute approximate surface area is 138 Å². The maximum atomic E-state index is 13.0. The van der Waals surface area contributed by atoms with Gasteiger partial charge in [0.15, 0.2) is 0 Å². The average molecular weight is 322 g/mol. The Kier molecular flexibility index (Phi) is 3.49. The number of carbonyl (C=O) groups excluding carboxylic acids is 1. The van der Waals surface area contributed by atoms with Gasteiger partial charge in [-0.3, -0.25) is 4.90 Å². The number of urea groups is 1. The number of aromatic nitrogens is 2. The highest BCUT2D eigenvalue weighted by Gasteiger charge is 2.35. The SMILES string of the molecule is O=C(Nc1ccc(F)cc1)N1c2ccnn2CC1c1ccccc1. The average Bonchev–Trinajstić information content (AvgIpc) is 3.18. The van der Waals surface area contributed by atoms with Crippen molar-refractivity contribution in [3.05, 3.63) is 78.2 Å². The Morgan fingerprint density at radius 1 is 1.08 bits per heavy atom. The van der Waals surface area contributed by atoms with Crippen molar-refractivity contribution in [1.82, 2.24) is 9.78 Å². The standard InChI is InChI=1S/C18H15FN4O/c19-14-6-8-15(9-7-14)21-18(24)23-16(13-4-2-1-3-5-13)12-22-17(23)10-11-20-22/h1-11,16H,12H2,(H,21,24). The summed E-state index contributed by atoms with van der Waals surface area (Å²) in [6.45, 7) is 0.600. The number of carbonyl (C=O) groups is 1. The number of halogens is 1.